The number of benzene rings is 2. The number of rotatable bonds is 5. The molecule has 3 nitrogen and oxygen atoms in total. The molecule has 0 spiro atoms. The van der Waals surface area contributed by atoms with Crippen molar-refractivity contribution in [2.75, 3.05) is 6.54 Å². The Bertz CT molecular complexity index is 736. The number of nitrogens with one attached hydrogen (secondary N) is 1. The number of carboxylic acid groups (broad SMARTS) is 1. The van der Waals surface area contributed by atoms with Crippen molar-refractivity contribution in [2.45, 2.75) is 44.6 Å². The summed E-state index contributed by atoms with van der Waals surface area (Å²) < 4.78 is 0. The van der Waals surface area contributed by atoms with E-state index in [0.29, 0.717) is 18.0 Å². The zero-order valence-corrected chi connectivity index (χ0v) is 14.4. The monoisotopic (exact) mass is 323 g/mol. The van der Waals surface area contributed by atoms with E-state index in [9.17, 15) is 4.79 Å². The van der Waals surface area contributed by atoms with Gasteiger partial charge in [0.2, 0.25) is 0 Å². The maximum Gasteiger partial charge on any atom is 0.335 e. The second-order valence-electron chi connectivity index (χ2n) is 7.34. The Morgan fingerprint density at radius 2 is 2.00 bits per heavy atom. The zero-order valence-electron chi connectivity index (χ0n) is 14.4. The van der Waals surface area contributed by atoms with Gasteiger partial charge in [-0.05, 0) is 53.0 Å². The fraction of sp³-hybridized carbons (Fsp3) is 0.381. The van der Waals surface area contributed by atoms with Crippen LogP contribution in [-0.4, -0.2) is 17.6 Å². The van der Waals surface area contributed by atoms with Gasteiger partial charge in [-0.3, -0.25) is 0 Å². The average molecular weight is 323 g/mol. The number of fused-ring (bicyclic) bond motifs is 1. The summed E-state index contributed by atoms with van der Waals surface area (Å²) >= 11 is 0. The summed E-state index contributed by atoms with van der Waals surface area (Å²) in [6.07, 6.45) is 2.39. The van der Waals surface area contributed by atoms with E-state index in [0.717, 1.165) is 12.1 Å². The van der Waals surface area contributed by atoms with Gasteiger partial charge in [-0.25, -0.2) is 4.79 Å². The van der Waals surface area contributed by atoms with Gasteiger partial charge in [0.25, 0.3) is 0 Å². The third kappa shape index (κ3) is 3.51. The molecule has 0 saturated heterocycles. The van der Waals surface area contributed by atoms with Gasteiger partial charge in [-0.2, -0.15) is 0 Å². The van der Waals surface area contributed by atoms with Gasteiger partial charge in [0.15, 0.2) is 0 Å². The maximum absolute atomic E-state index is 11.1. The van der Waals surface area contributed by atoms with Crippen LogP contribution in [0.5, 0.6) is 0 Å². The van der Waals surface area contributed by atoms with Crippen LogP contribution in [0.1, 0.15) is 59.7 Å². The van der Waals surface area contributed by atoms with E-state index in [-0.39, 0.29) is 5.41 Å². The van der Waals surface area contributed by atoms with Crippen LogP contribution in [0.4, 0.5) is 0 Å². The van der Waals surface area contributed by atoms with Crippen molar-refractivity contribution >= 4 is 5.97 Å². The molecule has 1 aliphatic carbocycles. The number of aromatic carboxylic acids is 1. The molecule has 1 atom stereocenters. The van der Waals surface area contributed by atoms with E-state index in [1.54, 1.807) is 18.2 Å². The van der Waals surface area contributed by atoms with Crippen molar-refractivity contribution in [3.63, 3.8) is 0 Å². The minimum atomic E-state index is -0.875. The lowest BCUT2D eigenvalue weighted by Crippen LogP contribution is -2.31. The molecule has 2 aromatic carbocycles. The van der Waals surface area contributed by atoms with Gasteiger partial charge in [-0.1, -0.05) is 50.2 Å². The Balaban J connectivity index is 1.66. The molecule has 2 aromatic rings. The maximum atomic E-state index is 11.1. The lowest BCUT2D eigenvalue weighted by molar-refractivity contribution is 0.0696. The van der Waals surface area contributed by atoms with Crippen molar-refractivity contribution in [1.29, 1.82) is 0 Å². The molecule has 126 valence electrons. The lowest BCUT2D eigenvalue weighted by Gasteiger charge is -2.37. The molecule has 0 bridgehead atoms. The summed E-state index contributed by atoms with van der Waals surface area (Å²) in [6.45, 7) is 6.27. The van der Waals surface area contributed by atoms with Gasteiger partial charge >= 0.3 is 5.97 Å². The van der Waals surface area contributed by atoms with Crippen molar-refractivity contribution in [1.82, 2.24) is 5.32 Å². The molecule has 0 aliphatic heterocycles. The average Bonchev–Trinajstić information content (AvgIpc) is 2.57. The predicted octanol–water partition coefficient (Wildman–Crippen LogP) is 4.33. The van der Waals surface area contributed by atoms with Gasteiger partial charge in [0.1, 0.15) is 0 Å². The quantitative estimate of drug-likeness (QED) is 0.861. The topological polar surface area (TPSA) is 49.3 Å². The zero-order chi connectivity index (χ0) is 17.2. The molecule has 0 aromatic heterocycles. The Kier molecular flexibility index (Phi) is 4.72. The molecule has 0 amide bonds. The summed E-state index contributed by atoms with van der Waals surface area (Å²) in [6, 6.07) is 15.9. The first kappa shape index (κ1) is 16.7. The molecule has 0 fully saturated rings. The Morgan fingerprint density at radius 1 is 1.21 bits per heavy atom. The Hall–Kier alpha value is -2.13. The van der Waals surface area contributed by atoms with E-state index >= 15 is 0 Å². The first-order valence-electron chi connectivity index (χ1n) is 8.60. The highest BCUT2D eigenvalue weighted by atomic mass is 16.4. The summed E-state index contributed by atoms with van der Waals surface area (Å²) in [5, 5.41) is 12.6. The van der Waals surface area contributed by atoms with Crippen LogP contribution in [0.25, 0.3) is 0 Å². The van der Waals surface area contributed by atoms with Crippen LogP contribution in [0.2, 0.25) is 0 Å². The third-order valence-electron chi connectivity index (χ3n) is 5.14. The van der Waals surface area contributed by atoms with Crippen LogP contribution < -0.4 is 5.32 Å². The van der Waals surface area contributed by atoms with Crippen LogP contribution in [0.15, 0.2) is 48.5 Å². The van der Waals surface area contributed by atoms with Crippen molar-refractivity contribution < 1.29 is 9.90 Å². The number of hydrogen-bond acceptors (Lipinski definition) is 2. The Morgan fingerprint density at radius 3 is 2.79 bits per heavy atom. The van der Waals surface area contributed by atoms with Crippen LogP contribution >= 0.6 is 0 Å². The Labute approximate surface area is 143 Å². The molecule has 0 radical (unpaired) electrons. The second-order valence-corrected chi connectivity index (χ2v) is 7.34. The smallest absolute Gasteiger partial charge is 0.335 e. The fourth-order valence-electron chi connectivity index (χ4n) is 3.71. The van der Waals surface area contributed by atoms with E-state index < -0.39 is 5.97 Å². The highest BCUT2D eigenvalue weighted by molar-refractivity contribution is 5.87. The molecule has 24 heavy (non-hydrogen) atoms. The molecule has 0 saturated carbocycles. The SMILES string of the molecule is CC1(C)CCC(CNCc2cccc(C(=O)O)c2)c2ccccc21. The summed E-state index contributed by atoms with van der Waals surface area (Å²) in [5.41, 5.74) is 4.54. The normalized spacial score (nSPS) is 18.8. The van der Waals surface area contributed by atoms with Crippen molar-refractivity contribution in [2.24, 2.45) is 0 Å². The summed E-state index contributed by atoms with van der Waals surface area (Å²) in [4.78, 5) is 11.1. The minimum absolute atomic E-state index is 0.253. The van der Waals surface area contributed by atoms with E-state index in [4.69, 9.17) is 5.11 Å². The molecule has 3 rings (SSSR count). The first-order valence-corrected chi connectivity index (χ1v) is 8.60. The van der Waals surface area contributed by atoms with Gasteiger partial charge in [0.05, 0.1) is 5.56 Å². The second kappa shape index (κ2) is 6.78. The van der Waals surface area contributed by atoms with Crippen molar-refractivity contribution in [3.8, 4) is 0 Å². The predicted molar refractivity (Wildman–Crippen MR) is 96.6 cm³/mol. The molecular formula is C21H25NO2. The van der Waals surface area contributed by atoms with E-state index in [1.165, 1.54) is 24.0 Å². The van der Waals surface area contributed by atoms with Gasteiger partial charge < -0.3 is 10.4 Å². The van der Waals surface area contributed by atoms with Crippen LogP contribution in [0.3, 0.4) is 0 Å². The molecule has 0 heterocycles. The highest BCUT2D eigenvalue weighted by Gasteiger charge is 2.31. The van der Waals surface area contributed by atoms with Crippen LogP contribution in [-0.2, 0) is 12.0 Å². The van der Waals surface area contributed by atoms with Crippen molar-refractivity contribution in [3.05, 3.63) is 70.8 Å². The van der Waals surface area contributed by atoms with Gasteiger partial charge in [-0.15, -0.1) is 0 Å². The molecular weight excluding hydrogens is 298 g/mol. The molecule has 1 aliphatic rings. The number of carbonyl (C=O) groups is 1. The number of hydrogen-bond donors (Lipinski definition) is 2. The third-order valence-corrected chi connectivity index (χ3v) is 5.14. The lowest BCUT2D eigenvalue weighted by atomic mass is 9.69. The van der Waals surface area contributed by atoms with Crippen LogP contribution in [0, 0.1) is 0 Å². The van der Waals surface area contributed by atoms with Gasteiger partial charge in [0, 0.05) is 13.1 Å². The largest absolute Gasteiger partial charge is 0.478 e. The summed E-state index contributed by atoms with van der Waals surface area (Å²) in [5.74, 6) is -0.350. The number of carboxylic acids is 1. The summed E-state index contributed by atoms with van der Waals surface area (Å²) in [7, 11) is 0. The van der Waals surface area contributed by atoms with E-state index in [2.05, 4.69) is 43.4 Å². The molecule has 2 N–H and O–H groups in total. The standard InChI is InChI=1S/C21H25NO2/c1-21(2)11-10-17(18-8-3-4-9-19(18)21)14-22-13-15-6-5-7-16(12-15)20(23)24/h3-9,12,17,22H,10-11,13-14H2,1-2H3,(H,23,24). The minimum Gasteiger partial charge on any atom is -0.478 e. The first-order chi connectivity index (χ1) is 11.5. The molecule has 1 unspecified atom stereocenters. The highest BCUT2D eigenvalue weighted by Crippen LogP contribution is 2.42. The fourth-order valence-corrected chi connectivity index (χ4v) is 3.71. The molecule has 3 heteroatoms. The van der Waals surface area contributed by atoms with E-state index in [1.807, 2.05) is 6.07 Å².